The van der Waals surface area contributed by atoms with Crippen LogP contribution in [0.25, 0.3) is 0 Å². The summed E-state index contributed by atoms with van der Waals surface area (Å²) in [6.45, 7) is 4.29. The van der Waals surface area contributed by atoms with Crippen LogP contribution < -0.4 is 5.73 Å². The zero-order valence-electron chi connectivity index (χ0n) is 11.5. The highest BCUT2D eigenvalue weighted by atomic mass is 16.6. The fraction of sp³-hybridized carbons (Fsp3) is 0.462. The number of nitro groups is 1. The Balaban J connectivity index is 2.94. The number of nitrogens with zero attached hydrogens (tertiary/aromatic N) is 1. The highest BCUT2D eigenvalue weighted by Gasteiger charge is 2.23. The lowest BCUT2D eigenvalue weighted by atomic mass is 10.0. The number of carbonyl (C=O) groups is 1. The smallest absolute Gasteiger partial charge is 0.338 e. The molecule has 0 saturated carbocycles. The van der Waals surface area contributed by atoms with E-state index in [2.05, 4.69) is 0 Å². The van der Waals surface area contributed by atoms with Gasteiger partial charge in [-0.05, 0) is 32.8 Å². The molecule has 3 N–H and O–H groups in total. The van der Waals surface area contributed by atoms with Gasteiger partial charge in [-0.15, -0.1) is 0 Å². The average molecular weight is 282 g/mol. The molecule has 7 heteroatoms. The average Bonchev–Trinajstić information content (AvgIpc) is 2.33. The summed E-state index contributed by atoms with van der Waals surface area (Å²) in [7, 11) is 0. The number of benzene rings is 1. The predicted molar refractivity (Wildman–Crippen MR) is 73.9 cm³/mol. The van der Waals surface area contributed by atoms with Gasteiger partial charge in [0.25, 0.3) is 5.69 Å². The SMILES string of the molecule is CC(C)OCCCc1ccc(C(=O)O)c(N)c1[N+](=O)[O-]. The van der Waals surface area contributed by atoms with E-state index in [1.807, 2.05) is 13.8 Å². The second-order valence-electron chi connectivity index (χ2n) is 4.62. The Hall–Kier alpha value is -2.15. The minimum Gasteiger partial charge on any atom is -0.478 e. The van der Waals surface area contributed by atoms with E-state index in [-0.39, 0.29) is 23.0 Å². The predicted octanol–water partition coefficient (Wildman–Crippen LogP) is 2.23. The number of carboxylic acids is 1. The van der Waals surface area contributed by atoms with Crippen LogP contribution in [0.1, 0.15) is 36.2 Å². The van der Waals surface area contributed by atoms with E-state index in [4.69, 9.17) is 15.6 Å². The second-order valence-corrected chi connectivity index (χ2v) is 4.62. The molecule has 0 bridgehead atoms. The van der Waals surface area contributed by atoms with Crippen molar-refractivity contribution in [1.29, 1.82) is 0 Å². The van der Waals surface area contributed by atoms with Gasteiger partial charge < -0.3 is 15.6 Å². The molecule has 1 aromatic carbocycles. The molecule has 0 heterocycles. The van der Waals surface area contributed by atoms with E-state index in [0.29, 0.717) is 25.0 Å². The van der Waals surface area contributed by atoms with Gasteiger partial charge in [0.1, 0.15) is 5.69 Å². The largest absolute Gasteiger partial charge is 0.478 e. The molecule has 1 rings (SSSR count). The Kier molecular flexibility index (Phi) is 5.45. The summed E-state index contributed by atoms with van der Waals surface area (Å²) in [6, 6.07) is 2.73. The van der Waals surface area contributed by atoms with E-state index in [1.165, 1.54) is 12.1 Å². The Morgan fingerprint density at radius 1 is 1.50 bits per heavy atom. The van der Waals surface area contributed by atoms with Crippen LogP contribution in [0, 0.1) is 10.1 Å². The molecule has 20 heavy (non-hydrogen) atoms. The van der Waals surface area contributed by atoms with Gasteiger partial charge in [-0.3, -0.25) is 10.1 Å². The number of hydrogen-bond donors (Lipinski definition) is 2. The lowest BCUT2D eigenvalue weighted by Crippen LogP contribution is -2.09. The summed E-state index contributed by atoms with van der Waals surface area (Å²) >= 11 is 0. The summed E-state index contributed by atoms with van der Waals surface area (Å²) in [5.41, 5.74) is 5.13. The first kappa shape index (κ1) is 15.9. The molecular formula is C13H18N2O5. The van der Waals surface area contributed by atoms with Crippen molar-refractivity contribution in [2.24, 2.45) is 0 Å². The van der Waals surface area contributed by atoms with Crippen molar-refractivity contribution in [2.75, 3.05) is 12.3 Å². The first-order valence-electron chi connectivity index (χ1n) is 6.25. The molecule has 0 spiro atoms. The van der Waals surface area contributed by atoms with E-state index >= 15 is 0 Å². The van der Waals surface area contributed by atoms with Crippen molar-refractivity contribution in [3.63, 3.8) is 0 Å². The first-order chi connectivity index (χ1) is 9.34. The maximum atomic E-state index is 11.1. The third-order valence-electron chi connectivity index (χ3n) is 2.76. The van der Waals surface area contributed by atoms with Crippen LogP contribution in [0.4, 0.5) is 11.4 Å². The van der Waals surface area contributed by atoms with Crippen LogP contribution in [0.3, 0.4) is 0 Å². The molecule has 0 atom stereocenters. The van der Waals surface area contributed by atoms with Crippen molar-refractivity contribution in [3.05, 3.63) is 33.4 Å². The number of carboxylic acid groups (broad SMARTS) is 1. The number of anilines is 1. The first-order valence-corrected chi connectivity index (χ1v) is 6.25. The number of aryl methyl sites for hydroxylation is 1. The highest BCUT2D eigenvalue weighted by Crippen LogP contribution is 2.30. The minimum absolute atomic E-state index is 0.101. The molecule has 110 valence electrons. The maximum absolute atomic E-state index is 11.1. The molecule has 0 aliphatic heterocycles. The summed E-state index contributed by atoms with van der Waals surface area (Å²) in [5, 5.41) is 20.0. The Morgan fingerprint density at radius 3 is 2.65 bits per heavy atom. The van der Waals surface area contributed by atoms with Crippen molar-refractivity contribution in [1.82, 2.24) is 0 Å². The van der Waals surface area contributed by atoms with Crippen LogP contribution in [-0.4, -0.2) is 28.7 Å². The lowest BCUT2D eigenvalue weighted by molar-refractivity contribution is -0.384. The molecule has 0 amide bonds. The van der Waals surface area contributed by atoms with Gasteiger partial charge >= 0.3 is 5.97 Å². The summed E-state index contributed by atoms with van der Waals surface area (Å²) in [5.74, 6) is -1.28. The van der Waals surface area contributed by atoms with E-state index < -0.39 is 10.9 Å². The number of hydrogen-bond acceptors (Lipinski definition) is 5. The fourth-order valence-corrected chi connectivity index (χ4v) is 1.84. The van der Waals surface area contributed by atoms with Gasteiger partial charge in [0.15, 0.2) is 0 Å². The van der Waals surface area contributed by atoms with Crippen molar-refractivity contribution in [2.45, 2.75) is 32.8 Å². The lowest BCUT2D eigenvalue weighted by Gasteiger charge is -2.09. The van der Waals surface area contributed by atoms with Gasteiger partial charge in [0.05, 0.1) is 16.6 Å². The molecule has 0 saturated heterocycles. The van der Waals surface area contributed by atoms with Gasteiger partial charge in [0.2, 0.25) is 0 Å². The summed E-state index contributed by atoms with van der Waals surface area (Å²) in [6.07, 6.45) is 1.11. The quantitative estimate of drug-likeness (QED) is 0.343. The Bertz CT molecular complexity index is 514. The van der Waals surface area contributed by atoms with Crippen LogP contribution in [0.15, 0.2) is 12.1 Å². The van der Waals surface area contributed by atoms with Crippen LogP contribution >= 0.6 is 0 Å². The fourth-order valence-electron chi connectivity index (χ4n) is 1.84. The van der Waals surface area contributed by atoms with Gasteiger partial charge in [0, 0.05) is 12.2 Å². The van der Waals surface area contributed by atoms with Crippen LogP contribution in [-0.2, 0) is 11.2 Å². The van der Waals surface area contributed by atoms with Crippen molar-refractivity contribution >= 4 is 17.3 Å². The summed E-state index contributed by atoms with van der Waals surface area (Å²) < 4.78 is 5.36. The van der Waals surface area contributed by atoms with Crippen LogP contribution in [0.2, 0.25) is 0 Å². The monoisotopic (exact) mass is 282 g/mol. The third kappa shape index (κ3) is 3.92. The third-order valence-corrected chi connectivity index (χ3v) is 2.76. The van der Waals surface area contributed by atoms with Gasteiger partial charge in [-0.25, -0.2) is 4.79 Å². The zero-order chi connectivity index (χ0) is 15.3. The zero-order valence-corrected chi connectivity index (χ0v) is 11.5. The van der Waals surface area contributed by atoms with E-state index in [9.17, 15) is 14.9 Å². The van der Waals surface area contributed by atoms with Crippen LogP contribution in [0.5, 0.6) is 0 Å². The molecule has 0 aliphatic rings. The molecule has 0 aliphatic carbocycles. The number of ether oxygens (including phenoxy) is 1. The Morgan fingerprint density at radius 2 is 2.15 bits per heavy atom. The topological polar surface area (TPSA) is 116 Å². The number of nitrogen functional groups attached to an aromatic ring is 1. The second kappa shape index (κ2) is 6.85. The summed E-state index contributed by atoms with van der Waals surface area (Å²) in [4.78, 5) is 21.3. The molecule has 7 nitrogen and oxygen atoms in total. The molecule has 0 aromatic heterocycles. The molecule has 0 unspecified atom stereocenters. The van der Waals surface area contributed by atoms with E-state index in [1.54, 1.807) is 0 Å². The van der Waals surface area contributed by atoms with Gasteiger partial charge in [-0.2, -0.15) is 0 Å². The van der Waals surface area contributed by atoms with Crippen molar-refractivity contribution < 1.29 is 19.6 Å². The van der Waals surface area contributed by atoms with Crippen molar-refractivity contribution in [3.8, 4) is 0 Å². The maximum Gasteiger partial charge on any atom is 0.338 e. The number of nitro benzene ring substituents is 1. The normalized spacial score (nSPS) is 10.8. The number of nitrogens with two attached hydrogens (primary N) is 1. The standard InChI is InChI=1S/C13H18N2O5/c1-8(2)20-7-3-4-9-5-6-10(13(16)17)11(14)12(9)15(18)19/h5-6,8H,3-4,7,14H2,1-2H3,(H,16,17). The number of rotatable bonds is 7. The molecule has 1 aromatic rings. The number of aromatic carboxylic acids is 1. The molecule has 0 fully saturated rings. The van der Waals surface area contributed by atoms with E-state index in [0.717, 1.165) is 0 Å². The highest BCUT2D eigenvalue weighted by molar-refractivity contribution is 5.96. The molecule has 0 radical (unpaired) electrons. The Labute approximate surface area is 116 Å². The minimum atomic E-state index is -1.28. The molecular weight excluding hydrogens is 264 g/mol. The van der Waals surface area contributed by atoms with Gasteiger partial charge in [-0.1, -0.05) is 6.07 Å².